The minimum Gasteiger partial charge on any atom is -0.469 e. The summed E-state index contributed by atoms with van der Waals surface area (Å²) < 4.78 is 7.53. The zero-order valence-electron chi connectivity index (χ0n) is 17.0. The molecule has 1 N–H and O–H groups in total. The Morgan fingerprint density at radius 3 is 2.83 bits per heavy atom. The predicted molar refractivity (Wildman–Crippen MR) is 116 cm³/mol. The summed E-state index contributed by atoms with van der Waals surface area (Å²) in [6.07, 6.45) is 6.37. The van der Waals surface area contributed by atoms with E-state index >= 15 is 0 Å². The lowest BCUT2D eigenvalue weighted by Gasteiger charge is -2.31. The number of carbonyl (C=O) groups is 1. The van der Waals surface area contributed by atoms with E-state index in [0.29, 0.717) is 0 Å². The molecule has 0 bridgehead atoms. The minimum absolute atomic E-state index is 0.0760. The molecule has 29 heavy (non-hydrogen) atoms. The second-order valence-corrected chi connectivity index (χ2v) is 8.61. The molecule has 1 atom stereocenters. The van der Waals surface area contributed by atoms with Crippen LogP contribution in [-0.4, -0.2) is 34.5 Å². The van der Waals surface area contributed by atoms with Gasteiger partial charge in [0.1, 0.15) is 5.76 Å². The van der Waals surface area contributed by atoms with E-state index in [9.17, 15) is 4.79 Å². The SMILES string of the molecule is CC(Cc1ccco1)NC(=O)C1CCN(Cc2cn(C)c3ccc(Cl)cc23)CC1. The van der Waals surface area contributed by atoms with Crippen LogP contribution in [0.5, 0.6) is 0 Å². The van der Waals surface area contributed by atoms with Crippen LogP contribution in [0.1, 0.15) is 31.1 Å². The van der Waals surface area contributed by atoms with Crippen molar-refractivity contribution in [2.24, 2.45) is 13.0 Å². The van der Waals surface area contributed by atoms with Gasteiger partial charge in [0.2, 0.25) is 5.91 Å². The predicted octanol–water partition coefficient (Wildman–Crippen LogP) is 4.38. The van der Waals surface area contributed by atoms with Crippen LogP contribution in [0.3, 0.4) is 0 Å². The molecule has 0 radical (unpaired) electrons. The van der Waals surface area contributed by atoms with Crippen molar-refractivity contribution in [1.29, 1.82) is 0 Å². The highest BCUT2D eigenvalue weighted by atomic mass is 35.5. The molecule has 1 aromatic carbocycles. The summed E-state index contributed by atoms with van der Waals surface area (Å²) in [7, 11) is 2.07. The monoisotopic (exact) mass is 413 g/mol. The number of fused-ring (bicyclic) bond motifs is 1. The van der Waals surface area contributed by atoms with E-state index in [0.717, 1.165) is 49.7 Å². The number of hydrogen-bond acceptors (Lipinski definition) is 3. The topological polar surface area (TPSA) is 50.4 Å². The molecular weight excluding hydrogens is 386 g/mol. The van der Waals surface area contributed by atoms with E-state index in [4.69, 9.17) is 16.0 Å². The number of aryl methyl sites for hydroxylation is 1. The summed E-state index contributed by atoms with van der Waals surface area (Å²) >= 11 is 6.21. The van der Waals surface area contributed by atoms with Crippen molar-refractivity contribution in [3.05, 3.63) is 59.1 Å². The molecule has 0 aliphatic carbocycles. The van der Waals surface area contributed by atoms with E-state index in [2.05, 4.69) is 34.1 Å². The molecule has 1 unspecified atom stereocenters. The maximum absolute atomic E-state index is 12.6. The van der Waals surface area contributed by atoms with E-state index < -0.39 is 0 Å². The van der Waals surface area contributed by atoms with Crippen LogP contribution < -0.4 is 5.32 Å². The molecule has 1 saturated heterocycles. The van der Waals surface area contributed by atoms with Gasteiger partial charge < -0.3 is 14.3 Å². The Kier molecular flexibility index (Phi) is 5.97. The largest absolute Gasteiger partial charge is 0.469 e. The van der Waals surface area contributed by atoms with Gasteiger partial charge in [-0.25, -0.2) is 0 Å². The van der Waals surface area contributed by atoms with Crippen molar-refractivity contribution in [1.82, 2.24) is 14.8 Å². The molecule has 0 saturated carbocycles. The minimum atomic E-state index is 0.0760. The van der Waals surface area contributed by atoms with Gasteiger partial charge in [0.25, 0.3) is 0 Å². The second kappa shape index (κ2) is 8.64. The summed E-state index contributed by atoms with van der Waals surface area (Å²) in [5, 5.41) is 5.13. The number of nitrogens with zero attached hydrogens (tertiary/aromatic N) is 2. The fourth-order valence-electron chi connectivity index (χ4n) is 4.31. The van der Waals surface area contributed by atoms with Crippen molar-refractivity contribution in [2.75, 3.05) is 13.1 Å². The van der Waals surface area contributed by atoms with Crippen molar-refractivity contribution in [2.45, 2.75) is 38.8 Å². The summed E-state index contributed by atoms with van der Waals surface area (Å²) in [4.78, 5) is 15.1. The first-order valence-corrected chi connectivity index (χ1v) is 10.7. The average Bonchev–Trinajstić information content (AvgIpc) is 3.30. The summed E-state index contributed by atoms with van der Waals surface area (Å²) in [6, 6.07) is 9.96. The smallest absolute Gasteiger partial charge is 0.223 e. The number of benzene rings is 1. The van der Waals surface area contributed by atoms with Crippen LogP contribution in [0, 0.1) is 5.92 Å². The number of amides is 1. The van der Waals surface area contributed by atoms with Gasteiger partial charge in [-0.15, -0.1) is 0 Å². The maximum Gasteiger partial charge on any atom is 0.223 e. The van der Waals surface area contributed by atoms with Crippen LogP contribution in [0.2, 0.25) is 5.02 Å². The Hall–Kier alpha value is -2.24. The lowest BCUT2D eigenvalue weighted by molar-refractivity contribution is -0.127. The van der Waals surface area contributed by atoms with Crippen LogP contribution in [0.25, 0.3) is 10.9 Å². The Labute approximate surface area is 176 Å². The number of halogens is 1. The first-order valence-electron chi connectivity index (χ1n) is 10.3. The Balaban J connectivity index is 1.30. The van der Waals surface area contributed by atoms with Crippen LogP contribution >= 0.6 is 11.6 Å². The lowest BCUT2D eigenvalue weighted by atomic mass is 9.95. The fourth-order valence-corrected chi connectivity index (χ4v) is 4.48. The highest BCUT2D eigenvalue weighted by molar-refractivity contribution is 6.31. The van der Waals surface area contributed by atoms with E-state index in [1.165, 1.54) is 16.5 Å². The summed E-state index contributed by atoms with van der Waals surface area (Å²) in [6.45, 7) is 4.78. The maximum atomic E-state index is 12.6. The van der Waals surface area contributed by atoms with Gasteiger partial charge in [-0.2, -0.15) is 0 Å². The van der Waals surface area contributed by atoms with E-state index in [1.807, 2.05) is 31.2 Å². The number of hydrogen-bond donors (Lipinski definition) is 1. The van der Waals surface area contributed by atoms with Crippen LogP contribution in [-0.2, 0) is 24.8 Å². The number of carbonyl (C=O) groups excluding carboxylic acids is 1. The molecule has 154 valence electrons. The third kappa shape index (κ3) is 4.68. The molecule has 1 amide bonds. The number of furan rings is 1. The Bertz CT molecular complexity index is 972. The van der Waals surface area contributed by atoms with Gasteiger partial charge in [0.15, 0.2) is 0 Å². The van der Waals surface area contributed by atoms with Gasteiger partial charge in [-0.1, -0.05) is 11.6 Å². The lowest BCUT2D eigenvalue weighted by Crippen LogP contribution is -2.43. The normalized spacial score (nSPS) is 16.9. The standard InChI is InChI=1S/C23H28ClN3O2/c1-16(12-20-4-3-11-29-20)25-23(28)17-7-9-27(10-8-17)15-18-14-26(2)22-6-5-19(24)13-21(18)22/h3-6,11,13-14,16-17H,7-10,12,15H2,1-2H3,(H,25,28). The van der Waals surface area contributed by atoms with Crippen molar-refractivity contribution < 1.29 is 9.21 Å². The van der Waals surface area contributed by atoms with E-state index in [-0.39, 0.29) is 17.9 Å². The Morgan fingerprint density at radius 2 is 2.10 bits per heavy atom. The van der Waals surface area contributed by atoms with Crippen molar-refractivity contribution >= 4 is 28.4 Å². The van der Waals surface area contributed by atoms with Crippen LogP contribution in [0.15, 0.2) is 47.2 Å². The molecule has 6 heteroatoms. The molecule has 1 fully saturated rings. The summed E-state index contributed by atoms with van der Waals surface area (Å²) in [5.74, 6) is 1.16. The third-order valence-electron chi connectivity index (χ3n) is 5.86. The average molecular weight is 414 g/mol. The number of nitrogens with one attached hydrogen (secondary N) is 1. The molecule has 4 rings (SSSR count). The zero-order valence-corrected chi connectivity index (χ0v) is 17.8. The summed E-state index contributed by atoms with van der Waals surface area (Å²) in [5.41, 5.74) is 2.49. The first kappa shape index (κ1) is 20.0. The molecular formula is C23H28ClN3O2. The second-order valence-electron chi connectivity index (χ2n) is 8.17. The number of piperidine rings is 1. The molecule has 2 aromatic heterocycles. The number of aromatic nitrogens is 1. The highest BCUT2D eigenvalue weighted by Gasteiger charge is 2.26. The van der Waals surface area contributed by atoms with Gasteiger partial charge in [0.05, 0.1) is 6.26 Å². The third-order valence-corrected chi connectivity index (χ3v) is 6.10. The van der Waals surface area contributed by atoms with Gasteiger partial charge >= 0.3 is 0 Å². The quantitative estimate of drug-likeness (QED) is 0.652. The van der Waals surface area contributed by atoms with Crippen molar-refractivity contribution in [3.8, 4) is 0 Å². The molecule has 1 aliphatic heterocycles. The molecule has 1 aliphatic rings. The molecule has 3 aromatic rings. The molecule has 5 nitrogen and oxygen atoms in total. The number of rotatable bonds is 6. The highest BCUT2D eigenvalue weighted by Crippen LogP contribution is 2.27. The number of likely N-dealkylation sites (tertiary alicyclic amines) is 1. The molecule has 0 spiro atoms. The Morgan fingerprint density at radius 1 is 1.31 bits per heavy atom. The zero-order chi connectivity index (χ0) is 20.4. The van der Waals surface area contributed by atoms with Gasteiger partial charge in [-0.3, -0.25) is 9.69 Å². The van der Waals surface area contributed by atoms with Gasteiger partial charge in [-0.05, 0) is 68.8 Å². The van der Waals surface area contributed by atoms with E-state index in [1.54, 1.807) is 6.26 Å². The van der Waals surface area contributed by atoms with Crippen LogP contribution in [0.4, 0.5) is 0 Å². The fraction of sp³-hybridized carbons (Fsp3) is 0.435. The first-order chi connectivity index (χ1) is 14.0. The van der Waals surface area contributed by atoms with Gasteiger partial charge in [0, 0.05) is 54.1 Å². The van der Waals surface area contributed by atoms with Crippen molar-refractivity contribution in [3.63, 3.8) is 0 Å². The molecule has 3 heterocycles.